The van der Waals surface area contributed by atoms with Gasteiger partial charge in [0.05, 0.1) is 18.1 Å². The summed E-state index contributed by atoms with van der Waals surface area (Å²) in [5.41, 5.74) is 1.06. The van der Waals surface area contributed by atoms with Crippen molar-refractivity contribution in [2.75, 3.05) is 7.11 Å². The molecule has 0 spiro atoms. The third kappa shape index (κ3) is 3.53. The largest absolute Gasteiger partial charge is 0.493 e. The minimum Gasteiger partial charge on any atom is -0.493 e. The summed E-state index contributed by atoms with van der Waals surface area (Å²) in [5, 5.41) is 20.9. The lowest BCUT2D eigenvalue weighted by molar-refractivity contribution is -0.386. The fourth-order valence-electron chi connectivity index (χ4n) is 2.01. The Balaban J connectivity index is 2.37. The van der Waals surface area contributed by atoms with Crippen LogP contribution < -0.4 is 9.47 Å². The molecule has 116 valence electrons. The first kappa shape index (κ1) is 15.8. The minimum atomic E-state index is -0.837. The maximum Gasteiger partial charge on any atom is 0.315 e. The fourth-order valence-corrected chi connectivity index (χ4v) is 2.01. The van der Waals surface area contributed by atoms with Gasteiger partial charge in [-0.05, 0) is 24.1 Å². The van der Waals surface area contributed by atoms with E-state index in [-0.39, 0.29) is 23.8 Å². The van der Waals surface area contributed by atoms with Crippen LogP contribution in [0.2, 0.25) is 0 Å². The molecule has 0 aromatic heterocycles. The van der Waals surface area contributed by atoms with E-state index in [1.807, 2.05) is 30.3 Å². The van der Waals surface area contributed by atoms with E-state index >= 15 is 0 Å². The highest BCUT2D eigenvalue weighted by Gasteiger charge is 2.23. The molecule has 0 aliphatic carbocycles. The molecular formula is C16H17NO5. The molecule has 0 fully saturated rings. The van der Waals surface area contributed by atoms with Crippen LogP contribution in [0.5, 0.6) is 11.5 Å². The SMILES string of the molecule is COc1cc(C(C)O)cc([N+](=O)[O-])c1OCc1ccccc1. The smallest absolute Gasteiger partial charge is 0.315 e. The topological polar surface area (TPSA) is 81.8 Å². The van der Waals surface area contributed by atoms with Gasteiger partial charge < -0.3 is 14.6 Å². The number of benzene rings is 2. The molecule has 1 atom stereocenters. The Morgan fingerprint density at radius 1 is 1.27 bits per heavy atom. The zero-order valence-corrected chi connectivity index (χ0v) is 12.4. The number of ether oxygens (including phenoxy) is 2. The average molecular weight is 303 g/mol. The first-order valence-corrected chi connectivity index (χ1v) is 6.74. The van der Waals surface area contributed by atoms with Gasteiger partial charge in [0, 0.05) is 6.07 Å². The van der Waals surface area contributed by atoms with Crippen molar-refractivity contribution in [1.29, 1.82) is 0 Å². The van der Waals surface area contributed by atoms with Crippen LogP contribution in [-0.4, -0.2) is 17.1 Å². The Bertz CT molecular complexity index is 655. The van der Waals surface area contributed by atoms with Gasteiger partial charge in [-0.3, -0.25) is 10.1 Å². The lowest BCUT2D eigenvalue weighted by Crippen LogP contribution is -2.03. The Labute approximate surface area is 128 Å². The molecule has 0 aliphatic rings. The normalized spacial score (nSPS) is 11.8. The summed E-state index contributed by atoms with van der Waals surface area (Å²) < 4.78 is 10.8. The number of hydrogen-bond donors (Lipinski definition) is 1. The monoisotopic (exact) mass is 303 g/mol. The molecule has 1 unspecified atom stereocenters. The summed E-state index contributed by atoms with van der Waals surface area (Å²) in [6.07, 6.45) is -0.837. The fraction of sp³-hybridized carbons (Fsp3) is 0.250. The van der Waals surface area contributed by atoms with E-state index in [2.05, 4.69) is 0 Å². The second-order valence-electron chi connectivity index (χ2n) is 4.78. The first-order chi connectivity index (χ1) is 10.5. The second-order valence-corrected chi connectivity index (χ2v) is 4.78. The number of rotatable bonds is 6. The highest BCUT2D eigenvalue weighted by molar-refractivity contribution is 5.58. The maximum atomic E-state index is 11.3. The third-order valence-electron chi connectivity index (χ3n) is 3.18. The summed E-state index contributed by atoms with van der Waals surface area (Å²) in [7, 11) is 1.40. The van der Waals surface area contributed by atoms with Gasteiger partial charge in [-0.15, -0.1) is 0 Å². The summed E-state index contributed by atoms with van der Waals surface area (Å²) in [5.74, 6) is 0.279. The molecule has 2 aromatic carbocycles. The zero-order chi connectivity index (χ0) is 16.1. The van der Waals surface area contributed by atoms with Gasteiger partial charge in [0.1, 0.15) is 6.61 Å². The van der Waals surface area contributed by atoms with Crippen molar-refractivity contribution in [2.45, 2.75) is 19.6 Å². The Morgan fingerprint density at radius 3 is 2.50 bits per heavy atom. The van der Waals surface area contributed by atoms with Gasteiger partial charge in [0.2, 0.25) is 5.75 Å². The standard InChI is InChI=1S/C16H17NO5/c1-11(18)13-8-14(17(19)20)16(15(9-13)21-2)22-10-12-6-4-3-5-7-12/h3-9,11,18H,10H2,1-2H3. The van der Waals surface area contributed by atoms with Crippen LogP contribution in [0.1, 0.15) is 24.2 Å². The van der Waals surface area contributed by atoms with Crippen LogP contribution >= 0.6 is 0 Å². The number of nitro groups is 1. The minimum absolute atomic E-state index is 0.0563. The van der Waals surface area contributed by atoms with Crippen LogP contribution in [0.25, 0.3) is 0 Å². The number of hydrogen-bond acceptors (Lipinski definition) is 5. The summed E-state index contributed by atoms with van der Waals surface area (Å²) in [6.45, 7) is 1.72. The molecule has 0 amide bonds. The van der Waals surface area contributed by atoms with E-state index in [4.69, 9.17) is 9.47 Å². The number of nitrogens with zero attached hydrogens (tertiary/aromatic N) is 1. The number of methoxy groups -OCH3 is 1. The van der Waals surface area contributed by atoms with E-state index in [1.165, 1.54) is 26.2 Å². The van der Waals surface area contributed by atoms with Crippen LogP contribution in [0, 0.1) is 10.1 Å². The third-order valence-corrected chi connectivity index (χ3v) is 3.18. The molecule has 0 radical (unpaired) electrons. The van der Waals surface area contributed by atoms with Crippen molar-refractivity contribution in [2.24, 2.45) is 0 Å². The summed E-state index contributed by atoms with van der Waals surface area (Å²) in [6, 6.07) is 12.2. The molecule has 0 aliphatic heterocycles. The summed E-state index contributed by atoms with van der Waals surface area (Å²) in [4.78, 5) is 10.7. The van der Waals surface area contributed by atoms with Gasteiger partial charge >= 0.3 is 5.69 Å². The molecule has 22 heavy (non-hydrogen) atoms. The number of aliphatic hydroxyl groups is 1. The zero-order valence-electron chi connectivity index (χ0n) is 12.4. The van der Waals surface area contributed by atoms with Gasteiger partial charge in [-0.25, -0.2) is 0 Å². The molecule has 0 saturated heterocycles. The van der Waals surface area contributed by atoms with E-state index in [1.54, 1.807) is 0 Å². The Morgan fingerprint density at radius 2 is 1.95 bits per heavy atom. The van der Waals surface area contributed by atoms with E-state index in [0.717, 1.165) is 5.56 Å². The Hall–Kier alpha value is -2.60. The highest BCUT2D eigenvalue weighted by Crippen LogP contribution is 2.40. The Kier molecular flexibility index (Phi) is 4.95. The molecular weight excluding hydrogens is 286 g/mol. The molecule has 0 heterocycles. The quantitative estimate of drug-likeness (QED) is 0.654. The van der Waals surface area contributed by atoms with Gasteiger partial charge in [-0.1, -0.05) is 30.3 Å². The second kappa shape index (κ2) is 6.91. The number of nitro benzene ring substituents is 1. The van der Waals surface area contributed by atoms with Crippen molar-refractivity contribution in [3.05, 3.63) is 63.7 Å². The summed E-state index contributed by atoms with van der Waals surface area (Å²) >= 11 is 0. The van der Waals surface area contributed by atoms with Crippen LogP contribution in [0.4, 0.5) is 5.69 Å². The average Bonchev–Trinajstić information content (AvgIpc) is 2.52. The molecule has 6 heteroatoms. The molecule has 2 rings (SSSR count). The van der Waals surface area contributed by atoms with E-state index in [9.17, 15) is 15.2 Å². The molecule has 6 nitrogen and oxygen atoms in total. The van der Waals surface area contributed by atoms with Crippen molar-refractivity contribution in [3.63, 3.8) is 0 Å². The predicted molar refractivity (Wildman–Crippen MR) is 81.1 cm³/mol. The predicted octanol–water partition coefficient (Wildman–Crippen LogP) is 3.24. The van der Waals surface area contributed by atoms with Crippen LogP contribution in [0.3, 0.4) is 0 Å². The maximum absolute atomic E-state index is 11.3. The van der Waals surface area contributed by atoms with Crippen LogP contribution in [0.15, 0.2) is 42.5 Å². The molecule has 0 saturated carbocycles. The van der Waals surface area contributed by atoms with Gasteiger partial charge in [0.15, 0.2) is 5.75 Å². The molecule has 2 aromatic rings. The van der Waals surface area contributed by atoms with Gasteiger partial charge in [-0.2, -0.15) is 0 Å². The van der Waals surface area contributed by atoms with E-state index < -0.39 is 11.0 Å². The van der Waals surface area contributed by atoms with Crippen molar-refractivity contribution < 1.29 is 19.5 Å². The van der Waals surface area contributed by atoms with Crippen molar-refractivity contribution in [1.82, 2.24) is 0 Å². The number of aliphatic hydroxyl groups excluding tert-OH is 1. The van der Waals surface area contributed by atoms with Crippen molar-refractivity contribution in [3.8, 4) is 11.5 Å². The van der Waals surface area contributed by atoms with Gasteiger partial charge in [0.25, 0.3) is 0 Å². The molecule has 1 N–H and O–H groups in total. The lowest BCUT2D eigenvalue weighted by atomic mass is 10.1. The lowest BCUT2D eigenvalue weighted by Gasteiger charge is -2.14. The van der Waals surface area contributed by atoms with E-state index in [0.29, 0.717) is 5.56 Å². The highest BCUT2D eigenvalue weighted by atomic mass is 16.6. The molecule has 0 bridgehead atoms. The van der Waals surface area contributed by atoms with Crippen molar-refractivity contribution >= 4 is 5.69 Å². The van der Waals surface area contributed by atoms with Crippen LogP contribution in [-0.2, 0) is 6.61 Å². The first-order valence-electron chi connectivity index (χ1n) is 6.74.